The number of hydrazone groups is 1. The number of phenolic OH excluding ortho intramolecular Hbond substituents is 3. The van der Waals surface area contributed by atoms with Crippen molar-refractivity contribution in [1.82, 2.24) is 5.43 Å². The largest absolute Gasteiger partial charge is 0.504 e. The van der Waals surface area contributed by atoms with Crippen LogP contribution in [0.2, 0.25) is 10.0 Å². The number of phenols is 3. The van der Waals surface area contributed by atoms with Gasteiger partial charge in [-0.15, -0.1) is 0 Å². The molecule has 23 heavy (non-hydrogen) atoms. The molecule has 0 aliphatic carbocycles. The van der Waals surface area contributed by atoms with Crippen LogP contribution < -0.4 is 10.7 Å². The highest BCUT2D eigenvalue weighted by Gasteiger charge is 2.09. The van der Waals surface area contributed by atoms with Gasteiger partial charge in [0, 0.05) is 10.6 Å². The van der Waals surface area contributed by atoms with Crippen molar-refractivity contribution < 1.29 is 15.3 Å². The van der Waals surface area contributed by atoms with Gasteiger partial charge in [-0.2, -0.15) is 5.10 Å². The molecule has 0 bridgehead atoms. The van der Waals surface area contributed by atoms with Crippen LogP contribution in [0, 0.1) is 0 Å². The van der Waals surface area contributed by atoms with Gasteiger partial charge in [-0.1, -0.05) is 23.2 Å². The first kappa shape index (κ1) is 17.1. The second kappa shape index (κ2) is 7.36. The zero-order valence-electron chi connectivity index (χ0n) is 11.4. The molecule has 5 N–H and O–H groups in total. The first-order valence-corrected chi connectivity index (χ1v) is 7.34. The lowest BCUT2D eigenvalue weighted by Crippen LogP contribution is -2.24. The average molecular weight is 372 g/mol. The fraction of sp³-hybridized carbons (Fsp3) is 0. The van der Waals surface area contributed by atoms with Crippen LogP contribution in [0.3, 0.4) is 0 Å². The number of anilines is 1. The molecule has 2 rings (SSSR count). The highest BCUT2D eigenvalue weighted by atomic mass is 35.5. The number of thiocarbonyl (C=S) groups is 1. The lowest BCUT2D eigenvalue weighted by Gasteiger charge is -2.09. The van der Waals surface area contributed by atoms with Crippen LogP contribution in [0.15, 0.2) is 35.4 Å². The van der Waals surface area contributed by atoms with E-state index < -0.39 is 17.2 Å². The van der Waals surface area contributed by atoms with Gasteiger partial charge in [0.15, 0.2) is 16.6 Å². The Hall–Kier alpha value is -2.22. The molecule has 0 fully saturated rings. The molecule has 6 nitrogen and oxygen atoms in total. The predicted molar refractivity (Wildman–Crippen MR) is 94.8 cm³/mol. The summed E-state index contributed by atoms with van der Waals surface area (Å²) in [4.78, 5) is 0. The first-order valence-electron chi connectivity index (χ1n) is 6.17. The van der Waals surface area contributed by atoms with E-state index in [1.54, 1.807) is 18.2 Å². The van der Waals surface area contributed by atoms with E-state index in [-0.39, 0.29) is 10.7 Å². The zero-order valence-corrected chi connectivity index (χ0v) is 13.7. The van der Waals surface area contributed by atoms with Crippen LogP contribution >= 0.6 is 35.4 Å². The summed E-state index contributed by atoms with van der Waals surface area (Å²) in [5.74, 6) is -1.54. The van der Waals surface area contributed by atoms with Gasteiger partial charge in [0.25, 0.3) is 0 Å². The van der Waals surface area contributed by atoms with Gasteiger partial charge in [0.1, 0.15) is 0 Å². The molecular formula is C14H11Cl2N3O3S. The van der Waals surface area contributed by atoms with E-state index in [0.29, 0.717) is 15.7 Å². The quantitative estimate of drug-likeness (QED) is 0.245. The molecule has 0 spiro atoms. The molecule has 0 amide bonds. The van der Waals surface area contributed by atoms with Gasteiger partial charge in [-0.25, -0.2) is 0 Å². The molecule has 0 atom stereocenters. The van der Waals surface area contributed by atoms with Crippen molar-refractivity contribution in [3.05, 3.63) is 45.9 Å². The van der Waals surface area contributed by atoms with Crippen molar-refractivity contribution in [2.24, 2.45) is 5.10 Å². The van der Waals surface area contributed by atoms with E-state index in [9.17, 15) is 15.3 Å². The first-order chi connectivity index (χ1) is 10.9. The Kier molecular flexibility index (Phi) is 5.49. The molecular weight excluding hydrogens is 361 g/mol. The third-order valence-corrected chi connectivity index (χ3v) is 3.45. The van der Waals surface area contributed by atoms with E-state index in [1.807, 2.05) is 0 Å². The van der Waals surface area contributed by atoms with Crippen LogP contribution in [-0.4, -0.2) is 26.6 Å². The minimum absolute atomic E-state index is 0.160. The monoisotopic (exact) mass is 371 g/mol. The van der Waals surface area contributed by atoms with Gasteiger partial charge in [0.2, 0.25) is 5.75 Å². The van der Waals surface area contributed by atoms with Gasteiger partial charge >= 0.3 is 0 Å². The summed E-state index contributed by atoms with van der Waals surface area (Å²) < 4.78 is 0. The van der Waals surface area contributed by atoms with Gasteiger partial charge in [-0.3, -0.25) is 5.43 Å². The number of nitrogens with zero attached hydrogens (tertiary/aromatic N) is 1. The van der Waals surface area contributed by atoms with Crippen molar-refractivity contribution in [2.45, 2.75) is 0 Å². The lowest BCUT2D eigenvalue weighted by atomic mass is 10.2. The maximum atomic E-state index is 9.63. The molecule has 0 radical (unpaired) electrons. The Morgan fingerprint density at radius 3 is 2.52 bits per heavy atom. The molecule has 2 aromatic carbocycles. The molecule has 120 valence electrons. The van der Waals surface area contributed by atoms with Crippen molar-refractivity contribution in [3.63, 3.8) is 0 Å². The molecule has 0 heterocycles. The summed E-state index contributed by atoms with van der Waals surface area (Å²) in [6.45, 7) is 0. The Morgan fingerprint density at radius 1 is 1.09 bits per heavy atom. The minimum atomic E-state index is -0.623. The van der Waals surface area contributed by atoms with Crippen LogP contribution in [0.1, 0.15) is 5.56 Å². The zero-order chi connectivity index (χ0) is 17.0. The Balaban J connectivity index is 2.00. The number of aromatic hydroxyl groups is 3. The van der Waals surface area contributed by atoms with Gasteiger partial charge in [-0.05, 0) is 42.5 Å². The van der Waals surface area contributed by atoms with Crippen LogP contribution in [-0.2, 0) is 0 Å². The second-order valence-electron chi connectivity index (χ2n) is 4.32. The summed E-state index contributed by atoms with van der Waals surface area (Å²) in [5, 5.41) is 36.0. The van der Waals surface area contributed by atoms with Crippen molar-refractivity contribution in [3.8, 4) is 17.2 Å². The molecule has 0 unspecified atom stereocenters. The van der Waals surface area contributed by atoms with E-state index in [2.05, 4.69) is 15.8 Å². The van der Waals surface area contributed by atoms with Crippen molar-refractivity contribution in [1.29, 1.82) is 0 Å². The number of nitrogens with one attached hydrogen (secondary N) is 2. The maximum absolute atomic E-state index is 9.63. The van der Waals surface area contributed by atoms with Crippen LogP contribution in [0.5, 0.6) is 17.2 Å². The van der Waals surface area contributed by atoms with Gasteiger partial charge in [0.05, 0.1) is 16.9 Å². The molecule has 2 aromatic rings. The van der Waals surface area contributed by atoms with E-state index >= 15 is 0 Å². The lowest BCUT2D eigenvalue weighted by molar-refractivity contribution is 0.367. The number of benzene rings is 2. The Labute approximate surface area is 147 Å². The molecule has 0 saturated heterocycles. The average Bonchev–Trinajstić information content (AvgIpc) is 2.50. The predicted octanol–water partition coefficient (Wildman–Crippen LogP) is 3.43. The Morgan fingerprint density at radius 2 is 1.83 bits per heavy atom. The Bertz CT molecular complexity index is 784. The standard InChI is InChI=1S/C14H11Cl2N3O3S/c15-8-2-3-10(9(16)5-8)18-14(23)19-17-6-7-1-4-11(20)13(22)12(7)21/h1-6,20-22H,(H2,18,19,23)/b17-6+. The highest BCUT2D eigenvalue weighted by molar-refractivity contribution is 7.80. The third-order valence-electron chi connectivity index (χ3n) is 2.71. The molecule has 9 heteroatoms. The second-order valence-corrected chi connectivity index (χ2v) is 5.57. The fourth-order valence-corrected chi connectivity index (χ4v) is 2.21. The summed E-state index contributed by atoms with van der Waals surface area (Å²) in [5.41, 5.74) is 3.27. The number of hydrogen-bond donors (Lipinski definition) is 5. The maximum Gasteiger partial charge on any atom is 0.200 e. The SMILES string of the molecule is Oc1ccc(/C=N/NC(=S)Nc2ccc(Cl)cc2Cl)c(O)c1O. The van der Waals surface area contributed by atoms with Crippen molar-refractivity contribution in [2.75, 3.05) is 5.32 Å². The topological polar surface area (TPSA) is 97.1 Å². The summed E-state index contributed by atoms with van der Waals surface area (Å²) >= 11 is 16.8. The van der Waals surface area contributed by atoms with Crippen LogP contribution in [0.4, 0.5) is 5.69 Å². The fourth-order valence-electron chi connectivity index (χ4n) is 1.59. The minimum Gasteiger partial charge on any atom is -0.504 e. The molecule has 0 aliphatic heterocycles. The molecule has 0 saturated carbocycles. The van der Waals surface area contributed by atoms with E-state index in [0.717, 1.165) is 0 Å². The molecule has 0 aromatic heterocycles. The smallest absolute Gasteiger partial charge is 0.200 e. The summed E-state index contributed by atoms with van der Waals surface area (Å²) in [7, 11) is 0. The summed E-state index contributed by atoms with van der Waals surface area (Å²) in [6, 6.07) is 7.47. The number of halogens is 2. The summed E-state index contributed by atoms with van der Waals surface area (Å²) in [6.07, 6.45) is 1.23. The highest BCUT2D eigenvalue weighted by Crippen LogP contribution is 2.36. The number of hydrogen-bond acceptors (Lipinski definition) is 5. The van der Waals surface area contributed by atoms with E-state index in [1.165, 1.54) is 18.3 Å². The normalized spacial score (nSPS) is 10.7. The van der Waals surface area contributed by atoms with E-state index in [4.69, 9.17) is 35.4 Å². The van der Waals surface area contributed by atoms with Crippen molar-refractivity contribution >= 4 is 52.4 Å². The third kappa shape index (κ3) is 4.38. The van der Waals surface area contributed by atoms with Crippen LogP contribution in [0.25, 0.3) is 0 Å². The van der Waals surface area contributed by atoms with Gasteiger partial charge < -0.3 is 20.6 Å². The molecule has 0 aliphatic rings. The number of rotatable bonds is 3.